The maximum Gasteiger partial charge on any atom is 0.255 e. The molecule has 0 bridgehead atoms. The summed E-state index contributed by atoms with van der Waals surface area (Å²) in [5, 5.41) is 11.1. The van der Waals surface area contributed by atoms with Crippen LogP contribution in [0.1, 0.15) is 10.4 Å². The van der Waals surface area contributed by atoms with Crippen LogP contribution in [0.3, 0.4) is 0 Å². The number of anilines is 1. The van der Waals surface area contributed by atoms with Crippen molar-refractivity contribution < 1.29 is 14.3 Å². The molecule has 0 atom stereocenters. The van der Waals surface area contributed by atoms with Gasteiger partial charge in [0.2, 0.25) is 0 Å². The molecule has 0 aliphatic carbocycles. The summed E-state index contributed by atoms with van der Waals surface area (Å²) >= 11 is 0. The van der Waals surface area contributed by atoms with Crippen molar-refractivity contribution >= 4 is 11.6 Å². The van der Waals surface area contributed by atoms with Crippen molar-refractivity contribution in [3.8, 4) is 28.4 Å². The quantitative estimate of drug-likeness (QED) is 0.525. The highest BCUT2D eigenvalue weighted by molar-refractivity contribution is 6.04. The lowest BCUT2D eigenvalue weighted by molar-refractivity contribution is 0.102. The fourth-order valence-electron chi connectivity index (χ4n) is 3.04. The Balaban J connectivity index is 1.53. The van der Waals surface area contributed by atoms with Gasteiger partial charge in [0.25, 0.3) is 5.91 Å². The van der Waals surface area contributed by atoms with Crippen LogP contribution < -0.4 is 14.8 Å². The van der Waals surface area contributed by atoms with E-state index in [-0.39, 0.29) is 5.91 Å². The van der Waals surface area contributed by atoms with Gasteiger partial charge in [0.15, 0.2) is 0 Å². The van der Waals surface area contributed by atoms with Gasteiger partial charge in [-0.25, -0.2) is 4.68 Å². The van der Waals surface area contributed by atoms with Gasteiger partial charge in [0, 0.05) is 16.8 Å². The summed E-state index contributed by atoms with van der Waals surface area (Å²) in [6.45, 7) is 0. The van der Waals surface area contributed by atoms with Crippen molar-refractivity contribution in [3.63, 3.8) is 0 Å². The normalized spacial score (nSPS) is 10.5. The fraction of sp³-hybridized carbons (Fsp3) is 0.0870. The zero-order valence-electron chi connectivity index (χ0n) is 16.6. The van der Waals surface area contributed by atoms with Crippen LogP contribution in [0.4, 0.5) is 5.69 Å². The fourth-order valence-corrected chi connectivity index (χ4v) is 3.04. The van der Waals surface area contributed by atoms with Crippen LogP contribution in [0.5, 0.6) is 11.5 Å². The minimum atomic E-state index is -0.207. The van der Waals surface area contributed by atoms with Crippen molar-refractivity contribution in [3.05, 3.63) is 84.6 Å². The van der Waals surface area contributed by atoms with Gasteiger partial charge in [-0.15, -0.1) is 5.10 Å². The lowest BCUT2D eigenvalue weighted by atomic mass is 10.1. The summed E-state index contributed by atoms with van der Waals surface area (Å²) in [4.78, 5) is 12.5. The minimum Gasteiger partial charge on any atom is -0.497 e. The molecule has 0 fully saturated rings. The lowest BCUT2D eigenvalue weighted by Gasteiger charge is -2.09. The third-order valence-corrected chi connectivity index (χ3v) is 4.64. The van der Waals surface area contributed by atoms with Gasteiger partial charge in [-0.05, 0) is 66.7 Å². The Hall–Kier alpha value is -4.13. The van der Waals surface area contributed by atoms with Crippen LogP contribution in [-0.2, 0) is 0 Å². The highest BCUT2D eigenvalue weighted by atomic mass is 16.5. The average molecular weight is 400 g/mol. The van der Waals surface area contributed by atoms with Crippen LogP contribution in [0.25, 0.3) is 16.9 Å². The Morgan fingerprint density at radius 2 is 1.63 bits per heavy atom. The molecule has 7 heteroatoms. The van der Waals surface area contributed by atoms with E-state index in [1.54, 1.807) is 49.4 Å². The van der Waals surface area contributed by atoms with E-state index in [4.69, 9.17) is 9.47 Å². The van der Waals surface area contributed by atoms with Crippen LogP contribution in [0, 0.1) is 0 Å². The average Bonchev–Trinajstić information content (AvgIpc) is 3.29. The molecule has 3 aromatic carbocycles. The van der Waals surface area contributed by atoms with E-state index in [1.807, 2.05) is 48.5 Å². The van der Waals surface area contributed by atoms with Gasteiger partial charge in [0.05, 0.1) is 31.8 Å². The van der Waals surface area contributed by atoms with Crippen LogP contribution >= 0.6 is 0 Å². The van der Waals surface area contributed by atoms with Crippen LogP contribution in [-0.4, -0.2) is 35.1 Å². The Labute approximate surface area is 173 Å². The van der Waals surface area contributed by atoms with Gasteiger partial charge in [0.1, 0.15) is 11.5 Å². The molecule has 30 heavy (non-hydrogen) atoms. The molecule has 0 saturated carbocycles. The topological polar surface area (TPSA) is 78.3 Å². The molecule has 150 valence electrons. The number of nitrogens with zero attached hydrogens (tertiary/aromatic N) is 3. The van der Waals surface area contributed by atoms with Crippen molar-refractivity contribution in [2.45, 2.75) is 0 Å². The first kappa shape index (κ1) is 19.2. The molecule has 0 unspecified atom stereocenters. The molecule has 1 aromatic heterocycles. The van der Waals surface area contributed by atoms with E-state index < -0.39 is 0 Å². The Morgan fingerprint density at radius 1 is 0.900 bits per heavy atom. The predicted octanol–water partition coefficient (Wildman–Crippen LogP) is 4.20. The largest absolute Gasteiger partial charge is 0.497 e. The SMILES string of the molecule is COc1ccc(-c2cnnn2-c2ccc(NC(=O)c3cccc(OC)c3)cc2)cc1. The van der Waals surface area contributed by atoms with E-state index in [1.165, 1.54) is 0 Å². The second-order valence-corrected chi connectivity index (χ2v) is 6.49. The Morgan fingerprint density at radius 3 is 2.33 bits per heavy atom. The van der Waals surface area contributed by atoms with E-state index in [0.29, 0.717) is 17.0 Å². The molecule has 1 heterocycles. The maximum absolute atomic E-state index is 12.5. The molecule has 0 aliphatic heterocycles. The van der Waals surface area contributed by atoms with E-state index in [2.05, 4.69) is 15.6 Å². The number of hydrogen-bond acceptors (Lipinski definition) is 5. The number of rotatable bonds is 6. The summed E-state index contributed by atoms with van der Waals surface area (Å²) in [5.74, 6) is 1.21. The van der Waals surface area contributed by atoms with Crippen molar-refractivity contribution in [2.24, 2.45) is 0 Å². The second kappa shape index (κ2) is 8.48. The molecular formula is C23H20N4O3. The summed E-state index contributed by atoms with van der Waals surface area (Å²) in [6, 6.07) is 22.1. The van der Waals surface area contributed by atoms with Crippen LogP contribution in [0.2, 0.25) is 0 Å². The van der Waals surface area contributed by atoms with Crippen molar-refractivity contribution in [1.82, 2.24) is 15.0 Å². The lowest BCUT2D eigenvalue weighted by Crippen LogP contribution is -2.12. The van der Waals surface area contributed by atoms with Gasteiger partial charge in [-0.2, -0.15) is 0 Å². The number of amides is 1. The molecule has 4 aromatic rings. The van der Waals surface area contributed by atoms with Gasteiger partial charge >= 0.3 is 0 Å². The summed E-state index contributed by atoms with van der Waals surface area (Å²) in [6.07, 6.45) is 1.71. The third-order valence-electron chi connectivity index (χ3n) is 4.64. The number of ether oxygens (including phenoxy) is 2. The summed E-state index contributed by atoms with van der Waals surface area (Å²) < 4.78 is 12.1. The van der Waals surface area contributed by atoms with Gasteiger partial charge < -0.3 is 14.8 Å². The zero-order chi connectivity index (χ0) is 20.9. The number of carbonyl (C=O) groups is 1. The highest BCUT2D eigenvalue weighted by Gasteiger charge is 2.11. The van der Waals surface area contributed by atoms with E-state index in [0.717, 1.165) is 22.7 Å². The number of benzene rings is 3. The maximum atomic E-state index is 12.5. The molecule has 4 rings (SSSR count). The van der Waals surface area contributed by atoms with E-state index >= 15 is 0 Å². The second-order valence-electron chi connectivity index (χ2n) is 6.49. The first-order chi connectivity index (χ1) is 14.7. The number of methoxy groups -OCH3 is 2. The molecule has 7 nitrogen and oxygen atoms in total. The molecule has 0 aliphatic rings. The number of carbonyl (C=O) groups excluding carboxylic acids is 1. The predicted molar refractivity (Wildman–Crippen MR) is 114 cm³/mol. The molecule has 0 radical (unpaired) electrons. The first-order valence-electron chi connectivity index (χ1n) is 9.29. The first-order valence-corrected chi connectivity index (χ1v) is 9.29. The van der Waals surface area contributed by atoms with Crippen LogP contribution in [0.15, 0.2) is 79.0 Å². The van der Waals surface area contributed by atoms with Gasteiger partial charge in [-0.1, -0.05) is 11.3 Å². The third kappa shape index (κ3) is 4.00. The number of hydrogen-bond donors (Lipinski definition) is 1. The zero-order valence-corrected chi connectivity index (χ0v) is 16.6. The summed E-state index contributed by atoms with van der Waals surface area (Å²) in [5.41, 5.74) is 3.86. The van der Waals surface area contributed by atoms with E-state index in [9.17, 15) is 4.79 Å². The number of aromatic nitrogens is 3. The Bertz CT molecular complexity index is 1150. The molecule has 1 amide bonds. The van der Waals surface area contributed by atoms with Crippen molar-refractivity contribution in [1.29, 1.82) is 0 Å². The molecular weight excluding hydrogens is 380 g/mol. The smallest absolute Gasteiger partial charge is 0.255 e. The molecule has 0 saturated heterocycles. The summed E-state index contributed by atoms with van der Waals surface area (Å²) in [7, 11) is 3.20. The van der Waals surface area contributed by atoms with Crippen molar-refractivity contribution in [2.75, 3.05) is 19.5 Å². The molecule has 0 spiro atoms. The highest BCUT2D eigenvalue weighted by Crippen LogP contribution is 2.24. The van der Waals surface area contributed by atoms with Gasteiger partial charge in [-0.3, -0.25) is 4.79 Å². The molecule has 1 N–H and O–H groups in total. The standard InChI is InChI=1S/C23H20N4O3/c1-29-20-12-6-16(7-13-20)22-15-24-26-27(22)19-10-8-18(9-11-19)25-23(28)17-4-3-5-21(14-17)30-2/h3-15H,1-2H3,(H,25,28). The minimum absolute atomic E-state index is 0.207. The monoisotopic (exact) mass is 400 g/mol. The number of nitrogens with one attached hydrogen (secondary N) is 1. The Kier molecular flexibility index (Phi) is 5.43.